The van der Waals surface area contributed by atoms with Crippen molar-refractivity contribution in [1.29, 1.82) is 0 Å². The van der Waals surface area contributed by atoms with Gasteiger partial charge in [-0.25, -0.2) is 17.9 Å². The summed E-state index contributed by atoms with van der Waals surface area (Å²) in [7, 11) is -4.05. The first kappa shape index (κ1) is 18.4. The van der Waals surface area contributed by atoms with Crippen molar-refractivity contribution in [2.45, 2.75) is 57.1 Å². The fourth-order valence-corrected chi connectivity index (χ4v) is 2.92. The molecule has 0 aliphatic carbocycles. The van der Waals surface area contributed by atoms with E-state index in [0.717, 1.165) is 0 Å². The summed E-state index contributed by atoms with van der Waals surface area (Å²) in [5.74, 6) is 0. The SMILES string of the molecule is CCC(O)Cc1ccccc1S(=O)(=O)NC(=O)OC(C)(C)C. The van der Waals surface area contributed by atoms with Crippen molar-refractivity contribution in [2.24, 2.45) is 0 Å². The first-order chi connectivity index (χ1) is 10.0. The third-order valence-corrected chi connectivity index (χ3v) is 4.22. The Morgan fingerprint density at radius 3 is 2.45 bits per heavy atom. The fourth-order valence-electron chi connectivity index (χ4n) is 1.80. The molecule has 0 bridgehead atoms. The molecule has 0 aliphatic rings. The molecule has 1 aromatic rings. The van der Waals surface area contributed by atoms with Gasteiger partial charge in [0.1, 0.15) is 5.60 Å². The molecular weight excluding hydrogens is 306 g/mol. The minimum atomic E-state index is -4.05. The molecule has 0 saturated heterocycles. The Morgan fingerprint density at radius 2 is 1.91 bits per heavy atom. The van der Waals surface area contributed by atoms with Gasteiger partial charge < -0.3 is 9.84 Å². The third kappa shape index (κ3) is 5.65. The summed E-state index contributed by atoms with van der Waals surface area (Å²) in [6.45, 7) is 6.74. The van der Waals surface area contributed by atoms with E-state index in [4.69, 9.17) is 4.74 Å². The molecule has 0 heterocycles. The minimum absolute atomic E-state index is 0.0339. The molecule has 1 unspecified atom stereocenters. The second-order valence-electron chi connectivity index (χ2n) is 5.98. The zero-order valence-electron chi connectivity index (χ0n) is 13.3. The van der Waals surface area contributed by atoms with Crippen LogP contribution in [0.4, 0.5) is 4.79 Å². The fraction of sp³-hybridized carbons (Fsp3) is 0.533. The average molecular weight is 329 g/mol. The van der Waals surface area contributed by atoms with Crippen molar-refractivity contribution in [2.75, 3.05) is 0 Å². The van der Waals surface area contributed by atoms with Crippen LogP contribution in [0.1, 0.15) is 39.7 Å². The van der Waals surface area contributed by atoms with E-state index in [9.17, 15) is 18.3 Å². The zero-order valence-corrected chi connectivity index (χ0v) is 14.1. The Labute approximate surface area is 131 Å². The second-order valence-corrected chi connectivity index (χ2v) is 7.63. The predicted molar refractivity (Wildman–Crippen MR) is 83.0 cm³/mol. The van der Waals surface area contributed by atoms with Gasteiger partial charge in [-0.1, -0.05) is 25.1 Å². The number of amides is 1. The van der Waals surface area contributed by atoms with Crippen LogP contribution in [0.15, 0.2) is 29.2 Å². The van der Waals surface area contributed by atoms with Gasteiger partial charge in [-0.05, 0) is 45.2 Å². The molecular formula is C15H23NO5S. The standard InChI is InChI=1S/C15H23NO5S/c1-5-12(17)10-11-8-6-7-9-13(11)22(19,20)16-14(18)21-15(2,3)4/h6-9,12,17H,5,10H2,1-4H3,(H,16,18). The molecule has 0 aromatic heterocycles. The van der Waals surface area contributed by atoms with Gasteiger partial charge in [0, 0.05) is 0 Å². The van der Waals surface area contributed by atoms with Crippen molar-refractivity contribution in [1.82, 2.24) is 4.72 Å². The highest BCUT2D eigenvalue weighted by atomic mass is 32.2. The van der Waals surface area contributed by atoms with E-state index in [2.05, 4.69) is 0 Å². The van der Waals surface area contributed by atoms with Gasteiger partial charge in [-0.15, -0.1) is 0 Å². The molecule has 1 amide bonds. The van der Waals surface area contributed by atoms with E-state index < -0.39 is 27.8 Å². The lowest BCUT2D eigenvalue weighted by Crippen LogP contribution is -2.36. The quantitative estimate of drug-likeness (QED) is 0.864. The third-order valence-electron chi connectivity index (χ3n) is 2.81. The zero-order chi connectivity index (χ0) is 17.0. The molecule has 22 heavy (non-hydrogen) atoms. The Bertz CT molecular complexity index is 619. The molecule has 1 rings (SSSR count). The predicted octanol–water partition coefficient (Wildman–Crippen LogP) is 2.21. The molecule has 0 aliphatic heterocycles. The number of nitrogens with one attached hydrogen (secondary N) is 1. The summed E-state index contributed by atoms with van der Waals surface area (Å²) in [4.78, 5) is 11.6. The van der Waals surface area contributed by atoms with Crippen molar-refractivity contribution >= 4 is 16.1 Å². The van der Waals surface area contributed by atoms with Crippen LogP contribution in [0, 0.1) is 0 Å². The number of hydrogen-bond acceptors (Lipinski definition) is 5. The second kappa shape index (κ2) is 7.11. The van der Waals surface area contributed by atoms with Gasteiger partial charge in [0.15, 0.2) is 0 Å². The number of rotatable bonds is 5. The highest BCUT2D eigenvalue weighted by Crippen LogP contribution is 2.18. The first-order valence-corrected chi connectivity index (χ1v) is 8.55. The summed E-state index contributed by atoms with van der Waals surface area (Å²) in [5.41, 5.74) is -0.342. The number of hydrogen-bond donors (Lipinski definition) is 2. The number of aliphatic hydroxyl groups is 1. The number of sulfonamides is 1. The summed E-state index contributed by atoms with van der Waals surface area (Å²) in [6.07, 6.45) is -0.966. The summed E-state index contributed by atoms with van der Waals surface area (Å²) >= 11 is 0. The van der Waals surface area contributed by atoms with Gasteiger partial charge >= 0.3 is 6.09 Å². The van der Waals surface area contributed by atoms with Crippen molar-refractivity contribution < 1.29 is 23.1 Å². The van der Waals surface area contributed by atoms with Gasteiger partial charge in [-0.2, -0.15) is 0 Å². The topological polar surface area (TPSA) is 92.7 Å². The van der Waals surface area contributed by atoms with E-state index in [0.29, 0.717) is 12.0 Å². The molecule has 0 saturated carbocycles. The van der Waals surface area contributed by atoms with Crippen LogP contribution in [0.5, 0.6) is 0 Å². The van der Waals surface area contributed by atoms with Crippen LogP contribution >= 0.6 is 0 Å². The van der Waals surface area contributed by atoms with Crippen LogP contribution in [0.3, 0.4) is 0 Å². The Hall–Kier alpha value is -1.60. The van der Waals surface area contributed by atoms with E-state index in [1.165, 1.54) is 6.07 Å². The van der Waals surface area contributed by atoms with Crippen LogP contribution in [0.25, 0.3) is 0 Å². The Kier molecular flexibility index (Phi) is 5.96. The van der Waals surface area contributed by atoms with Crippen LogP contribution in [0.2, 0.25) is 0 Å². The van der Waals surface area contributed by atoms with E-state index in [-0.39, 0.29) is 11.3 Å². The summed E-state index contributed by atoms with van der Waals surface area (Å²) in [5, 5.41) is 9.73. The smallest absolute Gasteiger partial charge is 0.421 e. The number of ether oxygens (including phenoxy) is 1. The van der Waals surface area contributed by atoms with Gasteiger partial charge in [0.2, 0.25) is 0 Å². The van der Waals surface area contributed by atoms with E-state index in [1.54, 1.807) is 45.9 Å². The molecule has 124 valence electrons. The molecule has 0 fully saturated rings. The highest BCUT2D eigenvalue weighted by molar-refractivity contribution is 7.90. The number of carbonyl (C=O) groups excluding carboxylic acids is 1. The van der Waals surface area contributed by atoms with Crippen molar-refractivity contribution in [3.05, 3.63) is 29.8 Å². The van der Waals surface area contributed by atoms with Crippen molar-refractivity contribution in [3.8, 4) is 0 Å². The maximum Gasteiger partial charge on any atom is 0.421 e. The monoisotopic (exact) mass is 329 g/mol. The van der Waals surface area contributed by atoms with Crippen molar-refractivity contribution in [3.63, 3.8) is 0 Å². The van der Waals surface area contributed by atoms with Crippen LogP contribution < -0.4 is 4.72 Å². The van der Waals surface area contributed by atoms with Gasteiger partial charge in [0.25, 0.3) is 10.0 Å². The molecule has 7 heteroatoms. The molecule has 2 N–H and O–H groups in total. The maximum absolute atomic E-state index is 12.3. The summed E-state index contributed by atoms with van der Waals surface area (Å²) < 4.78 is 31.5. The normalized spacial score (nSPS) is 13.5. The largest absolute Gasteiger partial charge is 0.443 e. The minimum Gasteiger partial charge on any atom is -0.443 e. The Balaban J connectivity index is 3.01. The lowest BCUT2D eigenvalue weighted by Gasteiger charge is -2.20. The summed E-state index contributed by atoms with van der Waals surface area (Å²) in [6, 6.07) is 6.25. The number of carbonyl (C=O) groups is 1. The van der Waals surface area contributed by atoms with Gasteiger partial charge in [0.05, 0.1) is 11.0 Å². The Morgan fingerprint density at radius 1 is 1.32 bits per heavy atom. The first-order valence-electron chi connectivity index (χ1n) is 7.07. The van der Waals surface area contributed by atoms with E-state index in [1.807, 2.05) is 4.72 Å². The van der Waals surface area contributed by atoms with Crippen LogP contribution in [-0.4, -0.2) is 31.3 Å². The van der Waals surface area contributed by atoms with Crippen LogP contribution in [-0.2, 0) is 21.2 Å². The number of benzene rings is 1. The lowest BCUT2D eigenvalue weighted by molar-refractivity contribution is 0.0570. The molecule has 0 spiro atoms. The maximum atomic E-state index is 12.3. The number of aliphatic hydroxyl groups excluding tert-OH is 1. The average Bonchev–Trinajstić information content (AvgIpc) is 2.35. The molecule has 6 nitrogen and oxygen atoms in total. The van der Waals surface area contributed by atoms with E-state index >= 15 is 0 Å². The lowest BCUT2D eigenvalue weighted by atomic mass is 10.1. The molecule has 1 atom stereocenters. The van der Waals surface area contributed by atoms with Gasteiger partial charge in [-0.3, -0.25) is 0 Å². The highest BCUT2D eigenvalue weighted by Gasteiger charge is 2.25. The molecule has 0 radical (unpaired) electrons. The molecule has 1 aromatic carbocycles.